The first-order chi connectivity index (χ1) is 13.3. The Morgan fingerprint density at radius 2 is 1.57 bits per heavy atom. The van der Waals surface area contributed by atoms with Crippen molar-refractivity contribution in [2.24, 2.45) is 0 Å². The molecule has 1 rings (SSSR count). The van der Waals surface area contributed by atoms with Crippen LogP contribution in [0.2, 0.25) is 0 Å². The lowest BCUT2D eigenvalue weighted by atomic mass is 10.1. The van der Waals surface area contributed by atoms with Crippen LogP contribution < -0.4 is 5.32 Å². The molecule has 1 amide bonds. The molecular weight excluding hydrogens is 354 g/mol. The number of nitrogens with one attached hydrogen (secondary N) is 1. The molecule has 0 radical (unpaired) electrons. The van der Waals surface area contributed by atoms with Gasteiger partial charge in [-0.2, -0.15) is 0 Å². The Labute approximate surface area is 170 Å². The molecule has 5 nitrogen and oxygen atoms in total. The van der Waals surface area contributed by atoms with Gasteiger partial charge in [-0.05, 0) is 32.8 Å². The third-order valence-corrected chi connectivity index (χ3v) is 4.25. The fourth-order valence-electron chi connectivity index (χ4n) is 2.83. The number of hydrogen-bond donors (Lipinski definition) is 1. The highest BCUT2D eigenvalue weighted by Crippen LogP contribution is 2.10. The van der Waals surface area contributed by atoms with Gasteiger partial charge >= 0.3 is 12.1 Å². The van der Waals surface area contributed by atoms with Gasteiger partial charge in [-0.15, -0.1) is 0 Å². The summed E-state index contributed by atoms with van der Waals surface area (Å²) in [6, 6.07) is 8.81. The van der Waals surface area contributed by atoms with E-state index in [0.29, 0.717) is 13.0 Å². The lowest BCUT2D eigenvalue weighted by molar-refractivity contribution is -0.146. The summed E-state index contributed by atoms with van der Waals surface area (Å²) < 4.78 is 10.7. The van der Waals surface area contributed by atoms with E-state index in [2.05, 4.69) is 12.2 Å². The third kappa shape index (κ3) is 11.6. The molecule has 0 spiro atoms. The molecule has 158 valence electrons. The van der Waals surface area contributed by atoms with Crippen LogP contribution in [0.1, 0.15) is 78.2 Å². The first-order valence-electron chi connectivity index (χ1n) is 10.5. The van der Waals surface area contributed by atoms with E-state index in [-0.39, 0.29) is 0 Å². The van der Waals surface area contributed by atoms with Gasteiger partial charge in [0.25, 0.3) is 0 Å². The van der Waals surface area contributed by atoms with E-state index in [0.717, 1.165) is 18.4 Å². The molecule has 1 atom stereocenters. The summed E-state index contributed by atoms with van der Waals surface area (Å²) in [4.78, 5) is 24.7. The molecule has 0 aliphatic rings. The molecule has 0 aliphatic carbocycles. The maximum Gasteiger partial charge on any atom is 0.408 e. The second kappa shape index (κ2) is 13.2. The topological polar surface area (TPSA) is 64.6 Å². The lowest BCUT2D eigenvalue weighted by Gasteiger charge is -2.23. The second-order valence-electron chi connectivity index (χ2n) is 8.18. The number of amides is 1. The monoisotopic (exact) mass is 391 g/mol. The molecular formula is C23H37NO4. The van der Waals surface area contributed by atoms with Gasteiger partial charge in [0.1, 0.15) is 11.6 Å². The van der Waals surface area contributed by atoms with Crippen molar-refractivity contribution in [3.05, 3.63) is 35.9 Å². The van der Waals surface area contributed by atoms with Crippen molar-refractivity contribution in [3.63, 3.8) is 0 Å². The van der Waals surface area contributed by atoms with E-state index in [1.54, 1.807) is 20.8 Å². The summed E-state index contributed by atoms with van der Waals surface area (Å²) in [7, 11) is 0. The molecule has 1 N–H and O–H groups in total. The first-order valence-corrected chi connectivity index (χ1v) is 10.5. The number of carbonyl (C=O) groups excluding carboxylic acids is 2. The number of rotatable bonds is 12. The molecule has 0 saturated carbocycles. The van der Waals surface area contributed by atoms with Crippen molar-refractivity contribution in [1.29, 1.82) is 0 Å². The van der Waals surface area contributed by atoms with Crippen molar-refractivity contribution in [2.45, 2.75) is 90.7 Å². The van der Waals surface area contributed by atoms with Gasteiger partial charge in [-0.1, -0.05) is 75.8 Å². The van der Waals surface area contributed by atoms with Crippen molar-refractivity contribution in [1.82, 2.24) is 5.32 Å². The van der Waals surface area contributed by atoms with Gasteiger partial charge in [-0.3, -0.25) is 0 Å². The van der Waals surface area contributed by atoms with Crippen LogP contribution in [-0.2, 0) is 20.7 Å². The molecule has 0 aliphatic heterocycles. The van der Waals surface area contributed by atoms with Gasteiger partial charge in [0.05, 0.1) is 6.61 Å². The van der Waals surface area contributed by atoms with Gasteiger partial charge < -0.3 is 14.8 Å². The van der Waals surface area contributed by atoms with E-state index >= 15 is 0 Å². The fraction of sp³-hybridized carbons (Fsp3) is 0.652. The van der Waals surface area contributed by atoms with Crippen molar-refractivity contribution < 1.29 is 19.1 Å². The smallest absolute Gasteiger partial charge is 0.408 e. The van der Waals surface area contributed by atoms with Crippen LogP contribution in [0.25, 0.3) is 0 Å². The van der Waals surface area contributed by atoms with Crippen LogP contribution in [0.3, 0.4) is 0 Å². The lowest BCUT2D eigenvalue weighted by Crippen LogP contribution is -2.45. The fourth-order valence-corrected chi connectivity index (χ4v) is 2.83. The average molecular weight is 392 g/mol. The Kier molecular flexibility index (Phi) is 11.3. The molecule has 0 saturated heterocycles. The number of ether oxygens (including phenoxy) is 2. The summed E-state index contributed by atoms with van der Waals surface area (Å²) in [6.07, 6.45) is 7.87. The predicted molar refractivity (Wildman–Crippen MR) is 112 cm³/mol. The molecule has 0 fully saturated rings. The zero-order valence-corrected chi connectivity index (χ0v) is 18.0. The van der Waals surface area contributed by atoms with Crippen molar-refractivity contribution in [2.75, 3.05) is 6.61 Å². The van der Waals surface area contributed by atoms with E-state index in [1.807, 2.05) is 30.3 Å². The van der Waals surface area contributed by atoms with E-state index in [9.17, 15) is 9.59 Å². The molecule has 1 aromatic carbocycles. The van der Waals surface area contributed by atoms with Crippen LogP contribution in [0, 0.1) is 0 Å². The summed E-state index contributed by atoms with van der Waals surface area (Å²) >= 11 is 0. The maximum atomic E-state index is 12.5. The number of hydrogen-bond acceptors (Lipinski definition) is 4. The standard InChI is InChI=1S/C23H37NO4/c1-5-6-7-8-9-10-14-17-27-21(25)20(18-19-15-12-11-13-16-19)24-22(26)28-23(2,3)4/h11-13,15-16,20H,5-10,14,17-18H2,1-4H3,(H,24,26)/t20-/m0/s1. The Morgan fingerprint density at radius 1 is 0.964 bits per heavy atom. The maximum absolute atomic E-state index is 12.5. The summed E-state index contributed by atoms with van der Waals surface area (Å²) in [5.74, 6) is -0.416. The summed E-state index contributed by atoms with van der Waals surface area (Å²) in [6.45, 7) is 7.96. The normalized spacial score (nSPS) is 12.3. The summed E-state index contributed by atoms with van der Waals surface area (Å²) in [5, 5.41) is 2.66. The molecule has 0 bridgehead atoms. The molecule has 0 aromatic heterocycles. The minimum atomic E-state index is -0.762. The molecule has 28 heavy (non-hydrogen) atoms. The number of benzene rings is 1. The van der Waals surface area contributed by atoms with Gasteiger partial charge in [0.2, 0.25) is 0 Å². The largest absolute Gasteiger partial charge is 0.464 e. The predicted octanol–water partition coefficient (Wildman–Crippen LogP) is 5.42. The highest BCUT2D eigenvalue weighted by atomic mass is 16.6. The van der Waals surface area contributed by atoms with Crippen LogP contribution in [0.5, 0.6) is 0 Å². The molecule has 0 unspecified atom stereocenters. The minimum absolute atomic E-state index is 0.371. The Bertz CT molecular complexity index is 566. The number of esters is 1. The quantitative estimate of drug-likeness (QED) is 0.382. The molecule has 1 aromatic rings. The van der Waals surface area contributed by atoms with E-state index < -0.39 is 23.7 Å². The minimum Gasteiger partial charge on any atom is -0.464 e. The average Bonchev–Trinajstić information content (AvgIpc) is 2.62. The zero-order valence-electron chi connectivity index (χ0n) is 18.0. The SMILES string of the molecule is CCCCCCCCCOC(=O)[C@H](Cc1ccccc1)NC(=O)OC(C)(C)C. The van der Waals surface area contributed by atoms with Crippen LogP contribution in [0.15, 0.2) is 30.3 Å². The second-order valence-corrected chi connectivity index (χ2v) is 8.18. The Morgan fingerprint density at radius 3 is 2.18 bits per heavy atom. The van der Waals surface area contributed by atoms with Crippen LogP contribution in [0.4, 0.5) is 4.79 Å². The highest BCUT2D eigenvalue weighted by Gasteiger charge is 2.25. The number of carbonyl (C=O) groups is 2. The Balaban J connectivity index is 2.48. The number of alkyl carbamates (subject to hydrolysis) is 1. The van der Waals surface area contributed by atoms with Crippen molar-refractivity contribution in [3.8, 4) is 0 Å². The highest BCUT2D eigenvalue weighted by molar-refractivity contribution is 5.81. The van der Waals surface area contributed by atoms with Crippen LogP contribution in [-0.4, -0.2) is 30.3 Å². The van der Waals surface area contributed by atoms with E-state index in [4.69, 9.17) is 9.47 Å². The van der Waals surface area contributed by atoms with E-state index in [1.165, 1.54) is 32.1 Å². The molecule has 0 heterocycles. The van der Waals surface area contributed by atoms with Crippen molar-refractivity contribution >= 4 is 12.1 Å². The Hall–Kier alpha value is -2.04. The summed E-state index contributed by atoms with van der Waals surface area (Å²) in [5.41, 5.74) is 0.333. The third-order valence-electron chi connectivity index (χ3n) is 4.25. The number of unbranched alkanes of at least 4 members (excludes halogenated alkanes) is 6. The van der Waals surface area contributed by atoms with Crippen LogP contribution >= 0.6 is 0 Å². The van der Waals surface area contributed by atoms with Gasteiger partial charge in [0.15, 0.2) is 0 Å². The molecule has 5 heteroatoms. The first kappa shape index (κ1) is 24.0. The zero-order chi connectivity index (χ0) is 20.8. The van der Waals surface area contributed by atoms with Gasteiger partial charge in [-0.25, -0.2) is 9.59 Å². The van der Waals surface area contributed by atoms with Gasteiger partial charge in [0, 0.05) is 6.42 Å².